The molecule has 166 valence electrons. The molecule has 1 atom stereocenters. The van der Waals surface area contributed by atoms with E-state index < -0.39 is 0 Å². The van der Waals surface area contributed by atoms with Crippen LogP contribution in [0.15, 0.2) is 58.6 Å². The van der Waals surface area contributed by atoms with Crippen LogP contribution >= 0.6 is 11.8 Å². The smallest absolute Gasteiger partial charge is 0.258 e. The van der Waals surface area contributed by atoms with Gasteiger partial charge in [0, 0.05) is 25.2 Å². The number of imidazole rings is 1. The van der Waals surface area contributed by atoms with Crippen LogP contribution in [0.1, 0.15) is 49.9 Å². The average molecular weight is 451 g/mol. The summed E-state index contributed by atoms with van der Waals surface area (Å²) in [7, 11) is 0. The fourth-order valence-electron chi connectivity index (χ4n) is 4.73. The Morgan fingerprint density at radius 2 is 2.00 bits per heavy atom. The largest absolute Gasteiger partial charge is 0.349 e. The molecule has 0 spiro atoms. The topological polar surface area (TPSA) is 49.6 Å². The monoisotopic (exact) mass is 450 g/mol. The van der Waals surface area contributed by atoms with Gasteiger partial charge in [-0.2, -0.15) is 0 Å². The Kier molecular flexibility index (Phi) is 6.02. The summed E-state index contributed by atoms with van der Waals surface area (Å²) in [5, 5.41) is 4.26. The molecule has 1 N–H and O–H groups in total. The molecule has 5 nitrogen and oxygen atoms in total. The Morgan fingerprint density at radius 1 is 1.22 bits per heavy atom. The van der Waals surface area contributed by atoms with Gasteiger partial charge in [0.1, 0.15) is 11.5 Å². The van der Waals surface area contributed by atoms with Crippen molar-refractivity contribution in [3.05, 3.63) is 70.6 Å². The van der Waals surface area contributed by atoms with Crippen molar-refractivity contribution in [2.75, 3.05) is 13.1 Å². The number of hydrogen-bond donors (Lipinski definition) is 1. The standard InChI is InChI=1S/C25H27FN4OS/c1-2-4-21(17-7-9-18(26)10-8-17)29-13-11-19(12-14-29)28-25(31)22-15-20-16-27-23-5-3-6-24(32-22)30(20)23/h3,5-10,15-16,19,21H,2,4,11-14H2,1H3,(H,28,31). The number of pyridine rings is 1. The van der Waals surface area contributed by atoms with Gasteiger partial charge in [-0.15, -0.1) is 0 Å². The maximum atomic E-state index is 13.4. The molecule has 0 radical (unpaired) electrons. The van der Waals surface area contributed by atoms with Gasteiger partial charge in [0.25, 0.3) is 5.91 Å². The minimum absolute atomic E-state index is 0.0125. The zero-order valence-corrected chi connectivity index (χ0v) is 18.9. The number of piperidine rings is 1. The highest BCUT2D eigenvalue weighted by atomic mass is 32.2. The molecule has 32 heavy (non-hydrogen) atoms. The van der Waals surface area contributed by atoms with E-state index in [-0.39, 0.29) is 17.8 Å². The second kappa shape index (κ2) is 9.08. The Balaban J connectivity index is 1.22. The number of halogens is 1. The normalized spacial score (nSPS) is 17.9. The number of aromatic nitrogens is 2. The van der Waals surface area contributed by atoms with Crippen LogP contribution in [-0.4, -0.2) is 39.3 Å². The summed E-state index contributed by atoms with van der Waals surface area (Å²) in [6.45, 7) is 4.03. The van der Waals surface area contributed by atoms with Crippen molar-refractivity contribution in [3.8, 4) is 0 Å². The molecule has 0 saturated carbocycles. The van der Waals surface area contributed by atoms with E-state index in [1.807, 2.05) is 42.6 Å². The van der Waals surface area contributed by atoms with Crippen LogP contribution in [0.3, 0.4) is 0 Å². The molecule has 1 saturated heterocycles. The van der Waals surface area contributed by atoms with Crippen molar-refractivity contribution >= 4 is 29.4 Å². The van der Waals surface area contributed by atoms with E-state index in [1.54, 1.807) is 12.1 Å². The summed E-state index contributed by atoms with van der Waals surface area (Å²) in [6.07, 6.45) is 7.69. The van der Waals surface area contributed by atoms with Crippen LogP contribution in [0.25, 0.3) is 11.7 Å². The van der Waals surface area contributed by atoms with E-state index in [2.05, 4.69) is 26.5 Å². The second-order valence-electron chi connectivity index (χ2n) is 8.49. The van der Waals surface area contributed by atoms with Gasteiger partial charge in [-0.1, -0.05) is 43.3 Å². The van der Waals surface area contributed by atoms with E-state index in [1.165, 1.54) is 17.3 Å². The number of nitrogens with one attached hydrogen (secondary N) is 1. The third-order valence-electron chi connectivity index (χ3n) is 6.36. The van der Waals surface area contributed by atoms with Gasteiger partial charge in [-0.3, -0.25) is 14.1 Å². The number of benzene rings is 1. The Labute approximate surface area is 191 Å². The van der Waals surface area contributed by atoms with E-state index in [0.29, 0.717) is 10.9 Å². The van der Waals surface area contributed by atoms with Crippen LogP contribution in [0.4, 0.5) is 4.39 Å². The second-order valence-corrected chi connectivity index (χ2v) is 9.55. The molecule has 2 aromatic heterocycles. The lowest BCUT2D eigenvalue weighted by Crippen LogP contribution is -2.46. The maximum absolute atomic E-state index is 13.4. The lowest BCUT2D eigenvalue weighted by molar-refractivity contribution is -0.117. The molecule has 4 heterocycles. The van der Waals surface area contributed by atoms with Crippen molar-refractivity contribution in [2.24, 2.45) is 0 Å². The van der Waals surface area contributed by atoms with Crippen LogP contribution in [0.2, 0.25) is 0 Å². The van der Waals surface area contributed by atoms with Crippen molar-refractivity contribution in [2.45, 2.75) is 49.7 Å². The fraction of sp³-hybridized carbons (Fsp3) is 0.360. The minimum Gasteiger partial charge on any atom is -0.349 e. The van der Waals surface area contributed by atoms with Crippen LogP contribution in [0.5, 0.6) is 0 Å². The SMILES string of the molecule is CCCC(c1ccc(F)cc1)N1CCC(NC(=O)C2=Cc3cnc4cccc(n34)S2)CC1. The number of nitrogens with zero attached hydrogens (tertiary/aromatic N) is 3. The Hall–Kier alpha value is -2.64. The molecular formula is C25H27FN4OS. The summed E-state index contributed by atoms with van der Waals surface area (Å²) in [5.41, 5.74) is 3.01. The first-order valence-electron chi connectivity index (χ1n) is 11.3. The van der Waals surface area contributed by atoms with Crippen LogP contribution < -0.4 is 5.32 Å². The molecule has 1 unspecified atom stereocenters. The number of carbonyl (C=O) groups is 1. The van der Waals surface area contributed by atoms with E-state index in [9.17, 15) is 9.18 Å². The molecular weight excluding hydrogens is 423 g/mol. The number of likely N-dealkylation sites (tertiary alicyclic amines) is 1. The fourth-order valence-corrected chi connectivity index (χ4v) is 5.72. The highest BCUT2D eigenvalue weighted by Gasteiger charge is 2.28. The summed E-state index contributed by atoms with van der Waals surface area (Å²) in [6, 6.07) is 13.3. The molecule has 0 aliphatic carbocycles. The van der Waals surface area contributed by atoms with Gasteiger partial charge in [0.05, 0.1) is 21.8 Å². The maximum Gasteiger partial charge on any atom is 0.258 e. The third kappa shape index (κ3) is 4.19. The lowest BCUT2D eigenvalue weighted by Gasteiger charge is -2.38. The number of rotatable bonds is 6. The van der Waals surface area contributed by atoms with Crippen molar-refractivity contribution in [1.29, 1.82) is 0 Å². The van der Waals surface area contributed by atoms with Gasteiger partial charge in [-0.05, 0) is 55.2 Å². The first-order chi connectivity index (χ1) is 15.6. The zero-order valence-electron chi connectivity index (χ0n) is 18.1. The molecule has 1 fully saturated rings. The zero-order chi connectivity index (χ0) is 22.1. The first-order valence-corrected chi connectivity index (χ1v) is 12.1. The Bertz CT molecular complexity index is 1150. The van der Waals surface area contributed by atoms with Gasteiger partial charge in [-0.25, -0.2) is 9.37 Å². The minimum atomic E-state index is -0.195. The highest BCUT2D eigenvalue weighted by Crippen LogP contribution is 2.35. The van der Waals surface area contributed by atoms with E-state index in [0.717, 1.165) is 55.1 Å². The van der Waals surface area contributed by atoms with Gasteiger partial charge < -0.3 is 5.32 Å². The van der Waals surface area contributed by atoms with Crippen molar-refractivity contribution in [3.63, 3.8) is 0 Å². The van der Waals surface area contributed by atoms with Crippen molar-refractivity contribution in [1.82, 2.24) is 19.6 Å². The van der Waals surface area contributed by atoms with Crippen molar-refractivity contribution < 1.29 is 9.18 Å². The van der Waals surface area contributed by atoms with Gasteiger partial charge >= 0.3 is 0 Å². The summed E-state index contributed by atoms with van der Waals surface area (Å²) in [5.74, 6) is -0.207. The van der Waals surface area contributed by atoms with E-state index in [4.69, 9.17) is 0 Å². The summed E-state index contributed by atoms with van der Waals surface area (Å²) in [4.78, 5) is 20.6. The average Bonchev–Trinajstić information content (AvgIpc) is 3.23. The summed E-state index contributed by atoms with van der Waals surface area (Å²) >= 11 is 1.49. The van der Waals surface area contributed by atoms with Crippen LogP contribution in [0, 0.1) is 5.82 Å². The number of hydrogen-bond acceptors (Lipinski definition) is 4. The molecule has 5 rings (SSSR count). The Morgan fingerprint density at radius 3 is 2.75 bits per heavy atom. The van der Waals surface area contributed by atoms with E-state index >= 15 is 0 Å². The number of amides is 1. The molecule has 7 heteroatoms. The molecule has 2 aliphatic rings. The first kappa shape index (κ1) is 21.2. The molecule has 1 amide bonds. The molecule has 3 aromatic rings. The van der Waals surface area contributed by atoms with Gasteiger partial charge in [0.2, 0.25) is 0 Å². The summed E-state index contributed by atoms with van der Waals surface area (Å²) < 4.78 is 15.4. The third-order valence-corrected chi connectivity index (χ3v) is 7.41. The van der Waals surface area contributed by atoms with Gasteiger partial charge in [0.15, 0.2) is 0 Å². The molecule has 2 aliphatic heterocycles. The number of carbonyl (C=O) groups excluding carboxylic acids is 1. The quantitative estimate of drug-likeness (QED) is 0.572. The lowest BCUT2D eigenvalue weighted by atomic mass is 9.96. The predicted octanol–water partition coefficient (Wildman–Crippen LogP) is 5.04. The predicted molar refractivity (Wildman–Crippen MR) is 126 cm³/mol. The number of thioether (sulfide) groups is 1. The molecule has 0 bridgehead atoms. The highest BCUT2D eigenvalue weighted by molar-refractivity contribution is 8.04. The molecule has 1 aromatic carbocycles. The van der Waals surface area contributed by atoms with Crippen LogP contribution in [-0.2, 0) is 4.79 Å².